The number of tetrazole rings is 1. The van der Waals surface area contributed by atoms with Crippen LogP contribution in [0.25, 0.3) is 0 Å². The molecule has 0 aliphatic heterocycles. The summed E-state index contributed by atoms with van der Waals surface area (Å²) in [7, 11) is 0. The minimum absolute atomic E-state index is 0.0283. The van der Waals surface area contributed by atoms with E-state index in [9.17, 15) is 4.79 Å². The molecule has 1 N–H and O–H groups in total. The molecule has 1 aliphatic rings. The molecule has 1 heterocycles. The fourth-order valence-electron chi connectivity index (χ4n) is 3.02. The van der Waals surface area contributed by atoms with Crippen molar-refractivity contribution in [1.29, 1.82) is 0 Å². The second kappa shape index (κ2) is 7.34. The topological polar surface area (TPSA) is 72.7 Å². The lowest BCUT2D eigenvalue weighted by Gasteiger charge is -2.42. The van der Waals surface area contributed by atoms with Gasteiger partial charge in [0, 0.05) is 12.0 Å². The van der Waals surface area contributed by atoms with E-state index in [1.54, 1.807) is 4.68 Å². The fraction of sp³-hybridized carbons (Fsp3) is 0.529. The molecule has 128 valence electrons. The van der Waals surface area contributed by atoms with E-state index < -0.39 is 0 Å². The summed E-state index contributed by atoms with van der Waals surface area (Å²) >= 11 is 1.38. The van der Waals surface area contributed by atoms with Crippen molar-refractivity contribution in [3.63, 3.8) is 0 Å². The van der Waals surface area contributed by atoms with Crippen molar-refractivity contribution in [2.24, 2.45) is 0 Å². The molecule has 0 unspecified atom stereocenters. The van der Waals surface area contributed by atoms with Gasteiger partial charge in [-0.25, -0.2) is 4.68 Å². The first-order valence-corrected chi connectivity index (χ1v) is 9.32. The molecule has 0 bridgehead atoms. The number of aromatic nitrogens is 4. The zero-order chi connectivity index (χ0) is 17.0. The summed E-state index contributed by atoms with van der Waals surface area (Å²) in [5.41, 5.74) is 1.44. The number of thioether (sulfide) groups is 1. The number of carbonyl (C=O) groups is 1. The van der Waals surface area contributed by atoms with Gasteiger partial charge < -0.3 is 5.32 Å². The Bertz CT molecular complexity index is 681. The summed E-state index contributed by atoms with van der Waals surface area (Å²) < 4.78 is 1.73. The smallest absolute Gasteiger partial charge is 0.230 e. The maximum absolute atomic E-state index is 12.2. The van der Waals surface area contributed by atoms with Crippen molar-refractivity contribution >= 4 is 17.7 Å². The normalized spacial score (nSPS) is 16.0. The third-order valence-corrected chi connectivity index (χ3v) is 5.54. The molecule has 1 aliphatic carbocycles. The average Bonchev–Trinajstić information content (AvgIpc) is 3.02. The van der Waals surface area contributed by atoms with Gasteiger partial charge in [0.1, 0.15) is 0 Å². The Hall–Kier alpha value is -1.89. The number of hydrogen-bond donors (Lipinski definition) is 1. The number of rotatable bonds is 7. The van der Waals surface area contributed by atoms with Crippen LogP contribution in [0.5, 0.6) is 0 Å². The second-order valence-corrected chi connectivity index (χ2v) is 7.51. The molecule has 1 aromatic heterocycles. The van der Waals surface area contributed by atoms with E-state index in [-0.39, 0.29) is 17.4 Å². The van der Waals surface area contributed by atoms with E-state index in [0.29, 0.717) is 17.5 Å². The summed E-state index contributed by atoms with van der Waals surface area (Å²) in [6, 6.07) is 10.7. The zero-order valence-electron chi connectivity index (χ0n) is 14.1. The van der Waals surface area contributed by atoms with Crippen molar-refractivity contribution in [3.05, 3.63) is 35.9 Å². The third-order valence-electron chi connectivity index (χ3n) is 4.60. The Kier molecular flexibility index (Phi) is 5.18. The van der Waals surface area contributed by atoms with Gasteiger partial charge in [-0.2, -0.15) is 0 Å². The molecular formula is C17H23N5OS. The standard InChI is InChI=1S/C17H23N5OS/c1-13(2)22-16(19-20-21-22)24-11-15(23)18-12-17(9-6-10-17)14-7-4-3-5-8-14/h3-5,7-8,13H,6,9-12H2,1-2H3,(H,18,23). The lowest BCUT2D eigenvalue weighted by Crippen LogP contribution is -2.46. The van der Waals surface area contributed by atoms with Crippen molar-refractivity contribution in [3.8, 4) is 0 Å². The lowest BCUT2D eigenvalue weighted by atomic mass is 9.64. The van der Waals surface area contributed by atoms with Crippen molar-refractivity contribution in [2.45, 2.75) is 49.7 Å². The first kappa shape index (κ1) is 17.0. The summed E-state index contributed by atoms with van der Waals surface area (Å²) in [5.74, 6) is 0.360. The Labute approximate surface area is 146 Å². The number of amides is 1. The highest BCUT2D eigenvalue weighted by molar-refractivity contribution is 7.99. The molecule has 1 aromatic carbocycles. The van der Waals surface area contributed by atoms with Gasteiger partial charge >= 0.3 is 0 Å². The molecule has 3 rings (SSSR count). The largest absolute Gasteiger partial charge is 0.354 e. The van der Waals surface area contributed by atoms with Gasteiger partial charge in [0.25, 0.3) is 0 Å². The zero-order valence-corrected chi connectivity index (χ0v) is 14.9. The predicted octanol–water partition coefficient (Wildman–Crippen LogP) is 2.58. The molecule has 1 amide bonds. The van der Waals surface area contributed by atoms with Gasteiger partial charge in [-0.15, -0.1) is 5.10 Å². The predicted molar refractivity (Wildman–Crippen MR) is 93.9 cm³/mol. The van der Waals surface area contributed by atoms with E-state index in [1.165, 1.54) is 23.7 Å². The van der Waals surface area contributed by atoms with Gasteiger partial charge in [0.15, 0.2) is 0 Å². The Balaban J connectivity index is 1.53. The average molecular weight is 345 g/mol. The maximum Gasteiger partial charge on any atom is 0.230 e. The molecule has 0 atom stereocenters. The molecule has 2 aromatic rings. The Morgan fingerprint density at radius 1 is 1.33 bits per heavy atom. The monoisotopic (exact) mass is 345 g/mol. The quantitative estimate of drug-likeness (QED) is 0.781. The molecule has 24 heavy (non-hydrogen) atoms. The van der Waals surface area contributed by atoms with Gasteiger partial charge in [-0.3, -0.25) is 4.79 Å². The molecule has 6 nitrogen and oxygen atoms in total. The van der Waals surface area contributed by atoms with Crippen LogP contribution < -0.4 is 5.32 Å². The van der Waals surface area contributed by atoms with E-state index in [2.05, 4.69) is 45.1 Å². The van der Waals surface area contributed by atoms with Crippen LogP contribution in [0.1, 0.15) is 44.7 Å². The Morgan fingerprint density at radius 2 is 2.08 bits per heavy atom. The highest BCUT2D eigenvalue weighted by Gasteiger charge is 2.38. The van der Waals surface area contributed by atoms with Crippen LogP contribution in [-0.4, -0.2) is 38.4 Å². The third kappa shape index (κ3) is 3.61. The van der Waals surface area contributed by atoms with Crippen molar-refractivity contribution in [1.82, 2.24) is 25.5 Å². The van der Waals surface area contributed by atoms with Gasteiger partial charge in [0.2, 0.25) is 11.1 Å². The molecule has 0 spiro atoms. The number of nitrogens with zero attached hydrogens (tertiary/aromatic N) is 4. The van der Waals surface area contributed by atoms with Gasteiger partial charge in [-0.1, -0.05) is 48.5 Å². The molecule has 7 heteroatoms. The minimum atomic E-state index is 0.0283. The van der Waals surface area contributed by atoms with Crippen LogP contribution in [0.15, 0.2) is 35.5 Å². The maximum atomic E-state index is 12.2. The SMILES string of the molecule is CC(C)n1nnnc1SCC(=O)NCC1(c2ccccc2)CCC1. The highest BCUT2D eigenvalue weighted by atomic mass is 32.2. The van der Waals surface area contributed by atoms with Crippen LogP contribution in [0.2, 0.25) is 0 Å². The first-order chi connectivity index (χ1) is 11.6. The molecular weight excluding hydrogens is 322 g/mol. The first-order valence-electron chi connectivity index (χ1n) is 8.34. The van der Waals surface area contributed by atoms with Gasteiger partial charge in [-0.05, 0) is 42.7 Å². The number of hydrogen-bond acceptors (Lipinski definition) is 5. The highest BCUT2D eigenvalue weighted by Crippen LogP contribution is 2.43. The summed E-state index contributed by atoms with van der Waals surface area (Å²) in [6.07, 6.45) is 3.49. The Morgan fingerprint density at radius 3 is 2.71 bits per heavy atom. The number of nitrogens with one attached hydrogen (secondary N) is 1. The van der Waals surface area contributed by atoms with Crippen LogP contribution in [-0.2, 0) is 10.2 Å². The summed E-state index contributed by atoms with van der Waals surface area (Å²) in [6.45, 7) is 4.73. The van der Waals surface area contributed by atoms with E-state index in [1.807, 2.05) is 19.9 Å². The number of carbonyl (C=O) groups excluding carboxylic acids is 1. The molecule has 0 saturated heterocycles. The van der Waals surface area contributed by atoms with E-state index >= 15 is 0 Å². The van der Waals surface area contributed by atoms with Crippen LogP contribution in [0.3, 0.4) is 0 Å². The van der Waals surface area contributed by atoms with Crippen LogP contribution >= 0.6 is 11.8 Å². The van der Waals surface area contributed by atoms with E-state index in [4.69, 9.17) is 0 Å². The lowest BCUT2D eigenvalue weighted by molar-refractivity contribution is -0.119. The van der Waals surface area contributed by atoms with Crippen LogP contribution in [0, 0.1) is 0 Å². The second-order valence-electron chi connectivity index (χ2n) is 6.57. The summed E-state index contributed by atoms with van der Waals surface area (Å²) in [5, 5.41) is 15.4. The van der Waals surface area contributed by atoms with Gasteiger partial charge in [0.05, 0.1) is 11.8 Å². The minimum Gasteiger partial charge on any atom is -0.354 e. The van der Waals surface area contributed by atoms with Crippen LogP contribution in [0.4, 0.5) is 0 Å². The molecule has 1 saturated carbocycles. The van der Waals surface area contributed by atoms with E-state index in [0.717, 1.165) is 12.8 Å². The summed E-state index contributed by atoms with van der Waals surface area (Å²) in [4.78, 5) is 12.2. The fourth-order valence-corrected chi connectivity index (χ4v) is 3.85. The van der Waals surface area contributed by atoms with Crippen molar-refractivity contribution in [2.75, 3.05) is 12.3 Å². The molecule has 1 fully saturated rings. The number of benzene rings is 1. The molecule has 0 radical (unpaired) electrons. The van der Waals surface area contributed by atoms with Crippen molar-refractivity contribution < 1.29 is 4.79 Å².